The molecular weight excluding hydrogens is 144 g/mol. The Kier molecular flexibility index (Phi) is 3.09. The van der Waals surface area contributed by atoms with Crippen molar-refractivity contribution in [2.45, 2.75) is 19.3 Å². The topological polar surface area (TPSA) is 0 Å². The molecule has 1 rings (SSSR count). The summed E-state index contributed by atoms with van der Waals surface area (Å²) in [6.45, 7) is 9.94. The average Bonchev–Trinajstić information content (AvgIpc) is 2.07. The Bertz CT molecular complexity index is 246. The van der Waals surface area contributed by atoms with Gasteiger partial charge in [0.2, 0.25) is 0 Å². The summed E-state index contributed by atoms with van der Waals surface area (Å²) in [4.78, 5) is 0. The summed E-state index contributed by atoms with van der Waals surface area (Å²) in [5.41, 5.74) is 2.32. The van der Waals surface area contributed by atoms with Gasteiger partial charge in [0.25, 0.3) is 0 Å². The van der Waals surface area contributed by atoms with Crippen molar-refractivity contribution >= 4 is 0 Å². The highest BCUT2D eigenvalue weighted by Gasteiger charge is 2.07. The highest BCUT2D eigenvalue weighted by atomic mass is 14.1. The first-order valence-electron chi connectivity index (χ1n) is 4.31. The molecule has 0 heteroatoms. The van der Waals surface area contributed by atoms with Crippen LogP contribution in [-0.2, 0) is 0 Å². The molecule has 1 atom stereocenters. The minimum Gasteiger partial charge on any atom is -0.0992 e. The van der Waals surface area contributed by atoms with Gasteiger partial charge in [-0.3, -0.25) is 0 Å². The molecule has 0 amide bonds. The molecule has 0 saturated carbocycles. The van der Waals surface area contributed by atoms with E-state index in [9.17, 15) is 0 Å². The van der Waals surface area contributed by atoms with E-state index >= 15 is 0 Å². The largest absolute Gasteiger partial charge is 0.0992 e. The third-order valence-corrected chi connectivity index (χ3v) is 2.10. The molecule has 12 heavy (non-hydrogen) atoms. The summed E-state index contributed by atoms with van der Waals surface area (Å²) < 4.78 is 0. The Morgan fingerprint density at radius 3 is 2.33 bits per heavy atom. The van der Waals surface area contributed by atoms with Crippen molar-refractivity contribution in [3.63, 3.8) is 0 Å². The van der Waals surface area contributed by atoms with E-state index in [-0.39, 0.29) is 0 Å². The standard InChI is InChI=1S/C12H15/c1-4-12(10(2)3)11-8-6-5-7-9-11/h5-9,12H,2-4H2,1H3. The van der Waals surface area contributed by atoms with Gasteiger partial charge in [0.1, 0.15) is 0 Å². The van der Waals surface area contributed by atoms with Crippen molar-refractivity contribution in [2.24, 2.45) is 0 Å². The number of rotatable bonds is 3. The van der Waals surface area contributed by atoms with Gasteiger partial charge in [0.15, 0.2) is 0 Å². The van der Waals surface area contributed by atoms with E-state index in [1.54, 1.807) is 0 Å². The lowest BCUT2D eigenvalue weighted by molar-refractivity contribution is 0.778. The highest BCUT2D eigenvalue weighted by molar-refractivity contribution is 5.28. The minimum absolute atomic E-state index is 0.422. The molecule has 0 aromatic heterocycles. The Morgan fingerprint density at radius 1 is 1.33 bits per heavy atom. The van der Waals surface area contributed by atoms with Crippen molar-refractivity contribution in [2.75, 3.05) is 0 Å². The Labute approximate surface area is 74.9 Å². The van der Waals surface area contributed by atoms with Crippen molar-refractivity contribution in [3.05, 3.63) is 55.0 Å². The van der Waals surface area contributed by atoms with Crippen LogP contribution >= 0.6 is 0 Å². The summed E-state index contributed by atoms with van der Waals surface area (Å²) in [6, 6.07) is 10.4. The second-order valence-corrected chi connectivity index (χ2v) is 3.03. The van der Waals surface area contributed by atoms with Gasteiger partial charge in [-0.15, -0.1) is 0 Å². The fourth-order valence-corrected chi connectivity index (χ4v) is 1.45. The quantitative estimate of drug-likeness (QED) is 0.632. The van der Waals surface area contributed by atoms with E-state index in [1.807, 2.05) is 6.07 Å². The fraction of sp³-hybridized carbons (Fsp3) is 0.250. The lowest BCUT2D eigenvalue weighted by Crippen LogP contribution is -1.97. The van der Waals surface area contributed by atoms with Crippen molar-refractivity contribution in [3.8, 4) is 0 Å². The van der Waals surface area contributed by atoms with E-state index < -0.39 is 0 Å². The van der Waals surface area contributed by atoms with Gasteiger partial charge in [-0.25, -0.2) is 0 Å². The predicted molar refractivity (Wildman–Crippen MR) is 54.0 cm³/mol. The fourth-order valence-electron chi connectivity index (χ4n) is 1.45. The summed E-state index contributed by atoms with van der Waals surface area (Å²) in [6.07, 6.45) is 1.08. The Balaban J connectivity index is 2.88. The van der Waals surface area contributed by atoms with E-state index in [4.69, 9.17) is 0 Å². The van der Waals surface area contributed by atoms with Crippen LogP contribution in [0.3, 0.4) is 0 Å². The zero-order valence-corrected chi connectivity index (χ0v) is 7.59. The van der Waals surface area contributed by atoms with Crippen LogP contribution in [-0.4, -0.2) is 0 Å². The first-order valence-corrected chi connectivity index (χ1v) is 4.31. The number of hydrogen-bond acceptors (Lipinski definition) is 0. The van der Waals surface area contributed by atoms with Crippen molar-refractivity contribution in [1.29, 1.82) is 0 Å². The maximum absolute atomic E-state index is 3.89. The van der Waals surface area contributed by atoms with E-state index in [1.165, 1.54) is 5.56 Å². The van der Waals surface area contributed by atoms with E-state index in [2.05, 4.69) is 44.7 Å². The smallest absolute Gasteiger partial charge is 0.00429 e. The molecule has 0 saturated heterocycles. The molecule has 1 unspecified atom stereocenters. The lowest BCUT2D eigenvalue weighted by Gasteiger charge is -2.14. The second-order valence-electron chi connectivity index (χ2n) is 3.03. The van der Waals surface area contributed by atoms with Gasteiger partial charge in [-0.05, 0) is 18.9 Å². The van der Waals surface area contributed by atoms with Crippen LogP contribution in [0, 0.1) is 6.92 Å². The molecular formula is C12H15. The van der Waals surface area contributed by atoms with Crippen LogP contribution in [0.2, 0.25) is 0 Å². The van der Waals surface area contributed by atoms with Gasteiger partial charge in [0.05, 0.1) is 0 Å². The Morgan fingerprint density at radius 2 is 1.92 bits per heavy atom. The van der Waals surface area contributed by atoms with Crippen LogP contribution in [0.5, 0.6) is 0 Å². The third kappa shape index (κ3) is 1.97. The molecule has 1 aromatic carbocycles. The number of benzene rings is 1. The summed E-state index contributed by atoms with van der Waals surface area (Å²) in [5.74, 6) is 0.422. The lowest BCUT2D eigenvalue weighted by atomic mass is 9.91. The molecule has 0 nitrogen and oxygen atoms in total. The predicted octanol–water partition coefficient (Wildman–Crippen LogP) is 3.57. The van der Waals surface area contributed by atoms with Crippen LogP contribution < -0.4 is 0 Å². The van der Waals surface area contributed by atoms with Crippen LogP contribution in [0.25, 0.3) is 0 Å². The third-order valence-electron chi connectivity index (χ3n) is 2.10. The summed E-state index contributed by atoms with van der Waals surface area (Å²) in [5, 5.41) is 0. The van der Waals surface area contributed by atoms with Gasteiger partial charge in [-0.1, -0.05) is 49.4 Å². The molecule has 0 fully saturated rings. The van der Waals surface area contributed by atoms with E-state index in [0.717, 1.165) is 12.0 Å². The molecule has 63 valence electrons. The van der Waals surface area contributed by atoms with Crippen LogP contribution in [0.1, 0.15) is 24.8 Å². The average molecular weight is 159 g/mol. The molecule has 0 bridgehead atoms. The minimum atomic E-state index is 0.422. The van der Waals surface area contributed by atoms with Gasteiger partial charge < -0.3 is 0 Å². The molecule has 1 radical (unpaired) electrons. The molecule has 0 aliphatic heterocycles. The molecule has 0 aliphatic rings. The molecule has 0 spiro atoms. The van der Waals surface area contributed by atoms with Gasteiger partial charge in [0, 0.05) is 5.92 Å². The van der Waals surface area contributed by atoms with Crippen LogP contribution in [0.15, 0.2) is 42.5 Å². The first kappa shape index (κ1) is 9.05. The van der Waals surface area contributed by atoms with Crippen LogP contribution in [0.4, 0.5) is 0 Å². The molecule has 0 heterocycles. The molecule has 1 aromatic rings. The maximum atomic E-state index is 3.89. The first-order chi connectivity index (χ1) is 5.75. The maximum Gasteiger partial charge on any atom is 0.00429 e. The van der Waals surface area contributed by atoms with Gasteiger partial charge in [-0.2, -0.15) is 0 Å². The van der Waals surface area contributed by atoms with Crippen molar-refractivity contribution < 1.29 is 0 Å². The monoisotopic (exact) mass is 159 g/mol. The normalized spacial score (nSPS) is 12.5. The number of hydrogen-bond donors (Lipinski definition) is 0. The molecule has 0 aliphatic carbocycles. The zero-order chi connectivity index (χ0) is 8.97. The number of allylic oxidation sites excluding steroid dienone is 1. The summed E-state index contributed by atoms with van der Waals surface area (Å²) in [7, 11) is 0. The van der Waals surface area contributed by atoms with Gasteiger partial charge >= 0.3 is 0 Å². The second kappa shape index (κ2) is 4.10. The SMILES string of the molecule is [CH2]C(=C)C(CC)c1ccccc1. The Hall–Kier alpha value is -1.04. The molecule has 0 N–H and O–H groups in total. The highest BCUT2D eigenvalue weighted by Crippen LogP contribution is 2.25. The summed E-state index contributed by atoms with van der Waals surface area (Å²) >= 11 is 0. The van der Waals surface area contributed by atoms with E-state index in [0.29, 0.717) is 5.92 Å². The zero-order valence-electron chi connectivity index (χ0n) is 7.59. The van der Waals surface area contributed by atoms with Crippen molar-refractivity contribution in [1.82, 2.24) is 0 Å².